The Morgan fingerprint density at radius 3 is 2.41 bits per heavy atom. The van der Waals surface area contributed by atoms with E-state index in [-0.39, 0.29) is 17.7 Å². The van der Waals surface area contributed by atoms with Crippen LogP contribution in [-0.4, -0.2) is 18.4 Å². The van der Waals surface area contributed by atoms with E-state index in [1.54, 1.807) is 24.3 Å². The molecule has 0 radical (unpaired) electrons. The number of carbonyl (C=O) groups excluding carboxylic acids is 2. The second-order valence-electron chi connectivity index (χ2n) is 6.13. The topological polar surface area (TPSA) is 67.4 Å². The number of carbonyl (C=O) groups is 2. The van der Waals surface area contributed by atoms with Gasteiger partial charge in [0.2, 0.25) is 5.91 Å². The van der Waals surface area contributed by atoms with Crippen LogP contribution in [0.2, 0.25) is 0 Å². The Balaban J connectivity index is 1.76. The van der Waals surface area contributed by atoms with Gasteiger partial charge in [0.1, 0.15) is 5.75 Å². The molecule has 22 heavy (non-hydrogen) atoms. The summed E-state index contributed by atoms with van der Waals surface area (Å²) in [7, 11) is 0. The van der Waals surface area contributed by atoms with E-state index in [4.69, 9.17) is 4.74 Å². The molecule has 1 aromatic rings. The number of ether oxygens (including phenoxy) is 1. The van der Waals surface area contributed by atoms with Crippen LogP contribution in [0.15, 0.2) is 24.3 Å². The lowest BCUT2D eigenvalue weighted by atomic mass is 9.85. The van der Waals surface area contributed by atoms with Gasteiger partial charge in [-0.05, 0) is 49.4 Å². The normalized spacial score (nSPS) is 14.3. The maximum Gasteiger partial charge on any atom is 0.269 e. The molecule has 1 fully saturated rings. The van der Waals surface area contributed by atoms with Crippen LogP contribution in [0.4, 0.5) is 0 Å². The number of hydrazine groups is 1. The fourth-order valence-corrected chi connectivity index (χ4v) is 2.08. The molecule has 0 spiro atoms. The van der Waals surface area contributed by atoms with Gasteiger partial charge in [-0.2, -0.15) is 0 Å². The van der Waals surface area contributed by atoms with Crippen LogP contribution in [0, 0.1) is 11.8 Å². The average Bonchev–Trinajstić information content (AvgIpc) is 2.43. The summed E-state index contributed by atoms with van der Waals surface area (Å²) in [5.74, 6) is 0.978. The van der Waals surface area contributed by atoms with Gasteiger partial charge in [-0.3, -0.25) is 20.4 Å². The highest BCUT2D eigenvalue weighted by atomic mass is 16.5. The Bertz CT molecular complexity index is 507. The number of amides is 2. The molecule has 1 saturated carbocycles. The second-order valence-corrected chi connectivity index (χ2v) is 6.13. The van der Waals surface area contributed by atoms with Gasteiger partial charge < -0.3 is 4.74 Å². The van der Waals surface area contributed by atoms with Crippen LogP contribution in [0.5, 0.6) is 5.75 Å². The molecule has 0 aliphatic heterocycles. The second kappa shape index (κ2) is 7.82. The van der Waals surface area contributed by atoms with Gasteiger partial charge in [-0.15, -0.1) is 0 Å². The van der Waals surface area contributed by atoms with Crippen molar-refractivity contribution in [2.45, 2.75) is 39.5 Å². The van der Waals surface area contributed by atoms with Gasteiger partial charge in [0.25, 0.3) is 5.91 Å². The number of rotatable bonds is 6. The highest BCUT2D eigenvalue weighted by Crippen LogP contribution is 2.25. The van der Waals surface area contributed by atoms with Gasteiger partial charge in [0, 0.05) is 11.5 Å². The highest BCUT2D eigenvalue weighted by Gasteiger charge is 2.25. The van der Waals surface area contributed by atoms with E-state index >= 15 is 0 Å². The maximum absolute atomic E-state index is 11.9. The van der Waals surface area contributed by atoms with Crippen LogP contribution in [0.25, 0.3) is 0 Å². The third-order valence-corrected chi connectivity index (χ3v) is 3.86. The minimum Gasteiger partial charge on any atom is -0.494 e. The van der Waals surface area contributed by atoms with Crippen molar-refractivity contribution in [1.82, 2.24) is 10.9 Å². The SMILES string of the molecule is CC(C)CCOc1ccc(C(=O)NNC(=O)C2CCC2)cc1. The molecule has 2 rings (SSSR count). The molecule has 1 aliphatic rings. The standard InChI is InChI=1S/C17H24N2O3/c1-12(2)10-11-22-15-8-6-14(7-9-15)17(21)19-18-16(20)13-4-3-5-13/h6-9,12-13H,3-5,10-11H2,1-2H3,(H,18,20)(H,19,21). The number of hydrogen-bond acceptors (Lipinski definition) is 3. The predicted octanol–water partition coefficient (Wildman–Crippen LogP) is 2.67. The highest BCUT2D eigenvalue weighted by molar-refractivity contribution is 5.95. The molecule has 5 nitrogen and oxygen atoms in total. The summed E-state index contributed by atoms with van der Waals surface area (Å²) in [5.41, 5.74) is 5.41. The molecule has 120 valence electrons. The molecule has 0 unspecified atom stereocenters. The van der Waals surface area contributed by atoms with Crippen LogP contribution < -0.4 is 15.6 Å². The Hall–Kier alpha value is -2.04. The summed E-state index contributed by atoms with van der Waals surface area (Å²) in [4.78, 5) is 23.6. The Morgan fingerprint density at radius 1 is 1.18 bits per heavy atom. The largest absolute Gasteiger partial charge is 0.494 e. The molecule has 0 bridgehead atoms. The van der Waals surface area contributed by atoms with E-state index in [1.807, 2.05) is 0 Å². The Morgan fingerprint density at radius 2 is 1.86 bits per heavy atom. The summed E-state index contributed by atoms with van der Waals surface area (Å²) < 4.78 is 5.60. The Kier molecular flexibility index (Phi) is 5.81. The maximum atomic E-state index is 11.9. The first-order valence-corrected chi connectivity index (χ1v) is 7.89. The van der Waals surface area contributed by atoms with Crippen molar-refractivity contribution in [2.24, 2.45) is 11.8 Å². The van der Waals surface area contributed by atoms with E-state index in [2.05, 4.69) is 24.7 Å². The van der Waals surface area contributed by atoms with Crippen molar-refractivity contribution in [3.63, 3.8) is 0 Å². The molecular formula is C17H24N2O3. The molecule has 2 amide bonds. The number of benzene rings is 1. The third-order valence-electron chi connectivity index (χ3n) is 3.86. The first-order chi connectivity index (χ1) is 10.6. The van der Waals surface area contributed by atoms with Gasteiger partial charge in [-0.1, -0.05) is 20.3 Å². The summed E-state index contributed by atoms with van der Waals surface area (Å²) in [6.45, 7) is 4.96. The van der Waals surface area contributed by atoms with E-state index in [1.165, 1.54) is 0 Å². The molecule has 0 saturated heterocycles. The third kappa shape index (κ3) is 4.76. The summed E-state index contributed by atoms with van der Waals surface area (Å²) >= 11 is 0. The van der Waals surface area contributed by atoms with Gasteiger partial charge >= 0.3 is 0 Å². The average molecular weight is 304 g/mol. The van der Waals surface area contributed by atoms with Crippen LogP contribution in [0.1, 0.15) is 49.9 Å². The van der Waals surface area contributed by atoms with Crippen molar-refractivity contribution < 1.29 is 14.3 Å². The van der Waals surface area contributed by atoms with Crippen molar-refractivity contribution in [1.29, 1.82) is 0 Å². The number of nitrogens with one attached hydrogen (secondary N) is 2. The van der Waals surface area contributed by atoms with E-state index in [0.717, 1.165) is 31.4 Å². The van der Waals surface area contributed by atoms with Crippen LogP contribution in [0.3, 0.4) is 0 Å². The minimum absolute atomic E-state index is 0.0528. The molecule has 0 heterocycles. The summed E-state index contributed by atoms with van der Waals surface area (Å²) in [5, 5.41) is 0. The molecule has 5 heteroatoms. The van der Waals surface area contributed by atoms with E-state index < -0.39 is 0 Å². The lowest BCUT2D eigenvalue weighted by Crippen LogP contribution is -2.45. The zero-order valence-corrected chi connectivity index (χ0v) is 13.2. The fourth-order valence-electron chi connectivity index (χ4n) is 2.08. The van der Waals surface area contributed by atoms with E-state index in [9.17, 15) is 9.59 Å². The minimum atomic E-state index is -0.318. The van der Waals surface area contributed by atoms with Crippen LogP contribution >= 0.6 is 0 Å². The smallest absolute Gasteiger partial charge is 0.269 e. The monoisotopic (exact) mass is 304 g/mol. The fraction of sp³-hybridized carbons (Fsp3) is 0.529. The van der Waals surface area contributed by atoms with Gasteiger partial charge in [0.15, 0.2) is 0 Å². The van der Waals surface area contributed by atoms with Gasteiger partial charge in [0.05, 0.1) is 6.61 Å². The van der Waals surface area contributed by atoms with Crippen molar-refractivity contribution in [3.8, 4) is 5.75 Å². The Labute approximate surface area is 131 Å². The molecule has 2 N–H and O–H groups in total. The molecule has 1 aliphatic carbocycles. The molecule has 0 atom stereocenters. The summed E-state index contributed by atoms with van der Waals surface area (Å²) in [6.07, 6.45) is 3.90. The zero-order chi connectivity index (χ0) is 15.9. The summed E-state index contributed by atoms with van der Waals surface area (Å²) in [6, 6.07) is 6.91. The molecular weight excluding hydrogens is 280 g/mol. The van der Waals surface area contributed by atoms with Crippen molar-refractivity contribution >= 4 is 11.8 Å². The van der Waals surface area contributed by atoms with E-state index in [0.29, 0.717) is 18.1 Å². The predicted molar refractivity (Wildman–Crippen MR) is 84.3 cm³/mol. The first kappa shape index (κ1) is 16.3. The first-order valence-electron chi connectivity index (χ1n) is 7.89. The molecule has 1 aromatic carbocycles. The van der Waals surface area contributed by atoms with Crippen LogP contribution in [-0.2, 0) is 4.79 Å². The zero-order valence-electron chi connectivity index (χ0n) is 13.2. The lowest BCUT2D eigenvalue weighted by Gasteiger charge is -2.23. The van der Waals surface area contributed by atoms with Gasteiger partial charge in [-0.25, -0.2) is 0 Å². The van der Waals surface area contributed by atoms with Crippen molar-refractivity contribution in [2.75, 3.05) is 6.61 Å². The molecule has 0 aromatic heterocycles. The number of hydrogen-bond donors (Lipinski definition) is 2. The quantitative estimate of drug-likeness (QED) is 0.794. The van der Waals surface area contributed by atoms with Crippen molar-refractivity contribution in [3.05, 3.63) is 29.8 Å². The lowest BCUT2D eigenvalue weighted by molar-refractivity contribution is -0.128.